The lowest BCUT2D eigenvalue weighted by atomic mass is 9.92. The summed E-state index contributed by atoms with van der Waals surface area (Å²) in [6.45, 7) is 10.6. The molecule has 2 rings (SSSR count). The van der Waals surface area contributed by atoms with Gasteiger partial charge in [-0.05, 0) is 49.3 Å². The van der Waals surface area contributed by atoms with Crippen molar-refractivity contribution in [2.45, 2.75) is 65.2 Å². The maximum Gasteiger partial charge on any atom is 0.125 e. The Kier molecular flexibility index (Phi) is 5.58. The SMILES string of the molecule is Cc1ncc(C(C)CCC(C)c2ccc(C(C)C)nn2)cn1. The molecule has 118 valence electrons. The number of hydrogen-bond acceptors (Lipinski definition) is 4. The van der Waals surface area contributed by atoms with Crippen molar-refractivity contribution in [3.63, 3.8) is 0 Å². The molecule has 4 nitrogen and oxygen atoms in total. The van der Waals surface area contributed by atoms with Crippen LogP contribution in [0.4, 0.5) is 0 Å². The summed E-state index contributed by atoms with van der Waals surface area (Å²) in [6.07, 6.45) is 6.07. The molecule has 0 fully saturated rings. The van der Waals surface area contributed by atoms with Crippen LogP contribution in [0.15, 0.2) is 24.5 Å². The highest BCUT2D eigenvalue weighted by Crippen LogP contribution is 2.26. The Labute approximate surface area is 133 Å². The Hall–Kier alpha value is -1.84. The Balaban J connectivity index is 1.91. The molecule has 0 saturated heterocycles. The summed E-state index contributed by atoms with van der Waals surface area (Å²) in [7, 11) is 0. The molecule has 2 atom stereocenters. The predicted octanol–water partition coefficient (Wildman–Crippen LogP) is 4.39. The number of hydrogen-bond donors (Lipinski definition) is 0. The second-order valence-corrected chi connectivity index (χ2v) is 6.48. The van der Waals surface area contributed by atoms with E-state index in [4.69, 9.17) is 0 Å². The first-order valence-corrected chi connectivity index (χ1v) is 8.09. The summed E-state index contributed by atoms with van der Waals surface area (Å²) in [6, 6.07) is 4.22. The van der Waals surface area contributed by atoms with Gasteiger partial charge in [-0.1, -0.05) is 27.7 Å². The summed E-state index contributed by atoms with van der Waals surface area (Å²) in [5, 5.41) is 8.71. The normalized spacial score (nSPS) is 14.1. The Morgan fingerprint density at radius 1 is 0.818 bits per heavy atom. The molecule has 0 aliphatic heterocycles. The fourth-order valence-electron chi connectivity index (χ4n) is 2.40. The van der Waals surface area contributed by atoms with Crippen molar-refractivity contribution in [1.82, 2.24) is 20.2 Å². The first-order chi connectivity index (χ1) is 10.5. The molecule has 2 aromatic rings. The van der Waals surface area contributed by atoms with Gasteiger partial charge < -0.3 is 0 Å². The summed E-state index contributed by atoms with van der Waals surface area (Å²) in [4.78, 5) is 8.56. The van der Waals surface area contributed by atoms with E-state index in [9.17, 15) is 0 Å². The minimum atomic E-state index is 0.419. The zero-order valence-corrected chi connectivity index (χ0v) is 14.2. The lowest BCUT2D eigenvalue weighted by molar-refractivity contribution is 0.556. The molecule has 22 heavy (non-hydrogen) atoms. The monoisotopic (exact) mass is 298 g/mol. The van der Waals surface area contributed by atoms with Crippen LogP contribution >= 0.6 is 0 Å². The molecule has 0 bridgehead atoms. The van der Waals surface area contributed by atoms with Gasteiger partial charge in [0.1, 0.15) is 5.82 Å². The second kappa shape index (κ2) is 7.43. The van der Waals surface area contributed by atoms with Crippen molar-refractivity contribution in [3.8, 4) is 0 Å². The second-order valence-electron chi connectivity index (χ2n) is 6.48. The van der Waals surface area contributed by atoms with Gasteiger partial charge in [-0.3, -0.25) is 0 Å². The third kappa shape index (κ3) is 4.33. The number of aryl methyl sites for hydroxylation is 1. The van der Waals surface area contributed by atoms with Gasteiger partial charge in [-0.2, -0.15) is 10.2 Å². The van der Waals surface area contributed by atoms with Crippen molar-refractivity contribution in [2.75, 3.05) is 0 Å². The highest BCUT2D eigenvalue weighted by Gasteiger charge is 2.13. The third-order valence-corrected chi connectivity index (χ3v) is 4.20. The van der Waals surface area contributed by atoms with Gasteiger partial charge in [0.25, 0.3) is 0 Å². The molecule has 0 aliphatic carbocycles. The number of aromatic nitrogens is 4. The highest BCUT2D eigenvalue weighted by molar-refractivity contribution is 5.14. The van der Waals surface area contributed by atoms with Crippen molar-refractivity contribution < 1.29 is 0 Å². The largest absolute Gasteiger partial charge is 0.241 e. The lowest BCUT2D eigenvalue weighted by Crippen LogP contribution is -2.04. The van der Waals surface area contributed by atoms with Crippen LogP contribution < -0.4 is 0 Å². The topological polar surface area (TPSA) is 51.6 Å². The van der Waals surface area contributed by atoms with Crippen molar-refractivity contribution in [3.05, 3.63) is 47.3 Å². The van der Waals surface area contributed by atoms with E-state index < -0.39 is 0 Å². The summed E-state index contributed by atoms with van der Waals surface area (Å²) >= 11 is 0. The van der Waals surface area contributed by atoms with E-state index in [0.29, 0.717) is 17.8 Å². The van der Waals surface area contributed by atoms with E-state index in [-0.39, 0.29) is 0 Å². The standard InChI is InChI=1S/C18H26N4/c1-12(2)17-8-9-18(22-21-17)14(4)7-6-13(3)16-10-19-15(5)20-11-16/h8-14H,6-7H2,1-5H3. The van der Waals surface area contributed by atoms with Gasteiger partial charge in [-0.15, -0.1) is 0 Å². The molecule has 0 N–H and O–H groups in total. The maximum atomic E-state index is 4.39. The maximum absolute atomic E-state index is 4.39. The van der Waals surface area contributed by atoms with Crippen LogP contribution in [0.5, 0.6) is 0 Å². The molecule has 0 amide bonds. The van der Waals surface area contributed by atoms with Crippen LogP contribution in [0.3, 0.4) is 0 Å². The van der Waals surface area contributed by atoms with Crippen molar-refractivity contribution in [2.24, 2.45) is 0 Å². The number of rotatable bonds is 6. The van der Waals surface area contributed by atoms with E-state index in [1.54, 1.807) is 0 Å². The van der Waals surface area contributed by atoms with Gasteiger partial charge >= 0.3 is 0 Å². The molecule has 0 spiro atoms. The van der Waals surface area contributed by atoms with Crippen LogP contribution in [-0.2, 0) is 0 Å². The van der Waals surface area contributed by atoms with Gasteiger partial charge in [0.2, 0.25) is 0 Å². The molecule has 2 aromatic heterocycles. The molecule has 2 heterocycles. The van der Waals surface area contributed by atoms with Crippen LogP contribution in [0.25, 0.3) is 0 Å². The van der Waals surface area contributed by atoms with E-state index in [2.05, 4.69) is 60.0 Å². The minimum Gasteiger partial charge on any atom is -0.241 e. The zero-order valence-electron chi connectivity index (χ0n) is 14.2. The fourth-order valence-corrected chi connectivity index (χ4v) is 2.40. The number of nitrogens with zero attached hydrogens (tertiary/aromatic N) is 4. The molecule has 0 aromatic carbocycles. The van der Waals surface area contributed by atoms with E-state index in [1.807, 2.05) is 19.3 Å². The summed E-state index contributed by atoms with van der Waals surface area (Å²) in [5.74, 6) is 2.14. The van der Waals surface area contributed by atoms with E-state index >= 15 is 0 Å². The van der Waals surface area contributed by atoms with Crippen molar-refractivity contribution in [1.29, 1.82) is 0 Å². The van der Waals surface area contributed by atoms with E-state index in [1.165, 1.54) is 5.56 Å². The third-order valence-electron chi connectivity index (χ3n) is 4.20. The Morgan fingerprint density at radius 2 is 1.36 bits per heavy atom. The molecule has 2 unspecified atom stereocenters. The van der Waals surface area contributed by atoms with Gasteiger partial charge in [0.05, 0.1) is 11.4 Å². The Morgan fingerprint density at radius 3 is 1.91 bits per heavy atom. The Bertz CT molecular complexity index is 575. The molecule has 0 aliphatic rings. The summed E-state index contributed by atoms with van der Waals surface area (Å²) in [5.41, 5.74) is 3.34. The molecular weight excluding hydrogens is 272 g/mol. The summed E-state index contributed by atoms with van der Waals surface area (Å²) < 4.78 is 0. The van der Waals surface area contributed by atoms with Crippen LogP contribution in [0.2, 0.25) is 0 Å². The average Bonchev–Trinajstić information content (AvgIpc) is 2.53. The van der Waals surface area contributed by atoms with Gasteiger partial charge in [0.15, 0.2) is 0 Å². The zero-order chi connectivity index (χ0) is 16.1. The lowest BCUT2D eigenvalue weighted by Gasteiger charge is -2.15. The molecular formula is C18H26N4. The first kappa shape index (κ1) is 16.5. The molecule has 0 radical (unpaired) electrons. The van der Waals surface area contributed by atoms with E-state index in [0.717, 1.165) is 30.1 Å². The van der Waals surface area contributed by atoms with Gasteiger partial charge in [-0.25, -0.2) is 9.97 Å². The highest BCUT2D eigenvalue weighted by atomic mass is 15.1. The fraction of sp³-hybridized carbons (Fsp3) is 0.556. The van der Waals surface area contributed by atoms with Crippen LogP contribution in [0.1, 0.15) is 81.1 Å². The van der Waals surface area contributed by atoms with Crippen molar-refractivity contribution >= 4 is 0 Å². The quantitative estimate of drug-likeness (QED) is 0.794. The predicted molar refractivity (Wildman–Crippen MR) is 89.0 cm³/mol. The van der Waals surface area contributed by atoms with Crippen LogP contribution in [-0.4, -0.2) is 20.2 Å². The minimum absolute atomic E-state index is 0.419. The van der Waals surface area contributed by atoms with Gasteiger partial charge in [0, 0.05) is 18.3 Å². The first-order valence-electron chi connectivity index (χ1n) is 8.09. The molecule has 0 saturated carbocycles. The van der Waals surface area contributed by atoms with Crippen LogP contribution in [0, 0.1) is 6.92 Å². The molecule has 4 heteroatoms. The average molecular weight is 298 g/mol. The smallest absolute Gasteiger partial charge is 0.125 e.